The summed E-state index contributed by atoms with van der Waals surface area (Å²) < 4.78 is 50.3. The number of carboxylic acids is 1. The van der Waals surface area contributed by atoms with Crippen molar-refractivity contribution in [2.45, 2.75) is 201 Å². The predicted octanol–water partition coefficient (Wildman–Crippen LogP) is 5.35. The molecule has 15 rings (SSSR count). The number of amides is 8. The van der Waals surface area contributed by atoms with Gasteiger partial charge in [-0.3, -0.25) is 38.5 Å². The molecule has 8 aliphatic heterocycles. The summed E-state index contributed by atoms with van der Waals surface area (Å²) in [4.78, 5) is 139. The molecule has 18 atom stereocenters. The summed E-state index contributed by atoms with van der Waals surface area (Å²) in [5, 5.41) is 165. The van der Waals surface area contributed by atoms with Crippen LogP contribution in [-0.2, 0) is 59.0 Å². The number of phenolic OH excluding ortho intramolecular Hbond substituents is 4. The minimum absolute atomic E-state index is 0.0436. The number of carbonyl (C=O) groups is 9. The number of benzene rings is 7. The molecule has 8 heterocycles. The molecule has 2 saturated heterocycles. The first-order valence-corrected chi connectivity index (χ1v) is 41.4. The molecule has 0 saturated carbocycles. The second kappa shape index (κ2) is 38.6. The van der Waals surface area contributed by atoms with Crippen molar-refractivity contribution in [1.82, 2.24) is 42.1 Å². The third-order valence-electron chi connectivity index (χ3n) is 22.2. The number of ether oxygens (including phenoxy) is 8. The van der Waals surface area contributed by atoms with Gasteiger partial charge in [0.25, 0.3) is 0 Å². The topological polar surface area (TPSA) is 578 Å². The first-order chi connectivity index (χ1) is 60.3. The van der Waals surface area contributed by atoms with Gasteiger partial charge in [-0.2, -0.15) is 0 Å². The fourth-order valence-corrected chi connectivity index (χ4v) is 16.0. The van der Waals surface area contributed by atoms with Crippen LogP contribution < -0.4 is 60.9 Å². The Balaban J connectivity index is 1.04. The molecule has 20 N–H and O–H groups in total. The van der Waals surface area contributed by atoms with E-state index in [1.165, 1.54) is 43.4 Å². The zero-order valence-corrected chi connectivity index (χ0v) is 70.5. The summed E-state index contributed by atoms with van der Waals surface area (Å²) >= 11 is 14.3. The van der Waals surface area contributed by atoms with Crippen molar-refractivity contribution in [3.8, 4) is 80.1 Å². The van der Waals surface area contributed by atoms with Crippen molar-refractivity contribution in [2.75, 3.05) is 20.3 Å². The number of aromatic hydroxyl groups is 4. The molecule has 7 aromatic carbocycles. The maximum Gasteiger partial charge on any atom is 0.410 e. The van der Waals surface area contributed by atoms with Crippen LogP contribution in [0.1, 0.15) is 155 Å². The number of unbranched alkanes of at least 4 members (excludes halogenated alkanes) is 4. The lowest BCUT2D eigenvalue weighted by Crippen LogP contribution is -2.65. The highest BCUT2D eigenvalue weighted by atomic mass is 35.5. The van der Waals surface area contributed by atoms with Gasteiger partial charge in [-0.1, -0.05) is 99.5 Å². The Labute approximate surface area is 734 Å². The lowest BCUT2D eigenvalue weighted by atomic mass is 9.89. The van der Waals surface area contributed by atoms with Crippen LogP contribution in [0.25, 0.3) is 11.1 Å². The molecule has 2 fully saturated rings. The normalized spacial score (nSPS) is 26.0. The quantitative estimate of drug-likeness (QED) is 0.0511. The second-order valence-electron chi connectivity index (χ2n) is 33.0. The number of carboxylic acid groups (broad SMARTS) is 1. The molecule has 17 bridgehead atoms. The lowest BCUT2D eigenvalue weighted by Gasteiger charge is -2.42. The summed E-state index contributed by atoms with van der Waals surface area (Å²) in [5.74, 6) is -17.6. The van der Waals surface area contributed by atoms with Crippen LogP contribution in [0.2, 0.25) is 10.0 Å². The molecule has 8 amide bonds. The minimum atomic E-state index is -2.47. The van der Waals surface area contributed by atoms with Crippen LogP contribution in [0.3, 0.4) is 0 Å². The summed E-state index contributed by atoms with van der Waals surface area (Å²) in [6.45, 7) is 6.95. The molecule has 7 aromatic rings. The first-order valence-electron chi connectivity index (χ1n) is 40.7. The number of fused-ring (bicyclic) bond motifs is 14. The summed E-state index contributed by atoms with van der Waals surface area (Å²) in [7, 11) is 1.22. The predicted molar refractivity (Wildman–Crippen MR) is 443 cm³/mol. The van der Waals surface area contributed by atoms with Crippen molar-refractivity contribution < 1.29 is 147 Å². The smallest absolute Gasteiger partial charge is 0.410 e. The Morgan fingerprint density at radius 3 is 1.83 bits per heavy atom. The van der Waals surface area contributed by atoms with E-state index >= 15 is 28.8 Å². The zero-order chi connectivity index (χ0) is 91.6. The maximum atomic E-state index is 16.8. The van der Waals surface area contributed by atoms with E-state index in [0.29, 0.717) is 18.8 Å². The number of rotatable bonds is 17. The third-order valence-corrected chi connectivity index (χ3v) is 22.9. The number of hydrogen-bond acceptors (Lipinski definition) is 29. The Hall–Kier alpha value is -12.1. The van der Waals surface area contributed by atoms with Crippen molar-refractivity contribution in [2.24, 2.45) is 5.92 Å². The fourth-order valence-electron chi connectivity index (χ4n) is 15.6. The standard InChI is InChI=1S/C87H96Cl2N8O30/c1-36(2)12-10-8-7-9-11-13-60(104)91-68-73(108)71(106)58(34-98)124-84(68)126-76-56-28-41-29-57(76)122-53-23-18-40(26-48(53)88)70(105)67-81(115)95-66(83(117)118)46-30-42(100)31-55(123-85-75(110)74(109)72(107)59(35-99)125-85)61(46)45-25-38(16-21-50(45)101)63(78(112)96-67)92-79(113)64(41)93-80(114)65-47-32-44(33-52(103)62(47)89)121-54-27-39(17-22-51(54)102)69(97(6)86(119)127-87(3,4)5)82(116)90-49(77(111)94-65)24-37-14-19-43(120-56)20-15-37/h14-23,25-33,36,49,58-59,63-75,84-85,98-103,105-110H,7-13,24,34-35H2,1-6H3,(H,90,116)(H,91,104)(H,92,113)(H,93,114)(H,94,111)(H,95,115)(H,96,112)(H,117,118)/t49-,58-,59-,63-,64-,65+,66-,67+,68-,69+,70-,71-,72-,73-,74+,75+,84+,85+/m1/s1. The molecular formula is C87H96Cl2N8O30. The Morgan fingerprint density at radius 2 is 1.16 bits per heavy atom. The highest BCUT2D eigenvalue weighted by Crippen LogP contribution is 2.51. The molecule has 0 radical (unpaired) electrons. The molecule has 0 aromatic heterocycles. The van der Waals surface area contributed by atoms with Crippen LogP contribution in [0.4, 0.5) is 4.79 Å². The molecule has 38 nitrogen and oxygen atoms in total. The van der Waals surface area contributed by atoms with Gasteiger partial charge in [0.05, 0.1) is 23.3 Å². The number of halogens is 2. The number of aliphatic hydroxyl groups is 8. The second-order valence-corrected chi connectivity index (χ2v) is 33.8. The average molecular weight is 1800 g/mol. The van der Waals surface area contributed by atoms with Crippen LogP contribution in [0, 0.1) is 5.92 Å². The van der Waals surface area contributed by atoms with E-state index in [1.807, 2.05) is 0 Å². The van der Waals surface area contributed by atoms with E-state index in [4.69, 9.17) is 61.1 Å². The summed E-state index contributed by atoms with van der Waals surface area (Å²) in [6, 6.07) is 3.70. The highest BCUT2D eigenvalue weighted by Gasteiger charge is 2.50. The van der Waals surface area contributed by atoms with Gasteiger partial charge in [0.1, 0.15) is 137 Å². The van der Waals surface area contributed by atoms with Crippen LogP contribution in [0.5, 0.6) is 69.0 Å². The summed E-state index contributed by atoms with van der Waals surface area (Å²) in [5.41, 5.74) is -4.71. The molecule has 0 unspecified atom stereocenters. The van der Waals surface area contributed by atoms with Gasteiger partial charge in [-0.05, 0) is 134 Å². The zero-order valence-electron chi connectivity index (χ0n) is 69.0. The highest BCUT2D eigenvalue weighted by molar-refractivity contribution is 6.33. The maximum absolute atomic E-state index is 16.8. The number of nitrogens with one attached hydrogen (secondary N) is 7. The Morgan fingerprint density at radius 1 is 0.551 bits per heavy atom. The fraction of sp³-hybridized carbons (Fsp3) is 0.414. The number of likely N-dealkylation sites (N-methyl/N-ethyl adjacent to an activating group) is 1. The minimum Gasteiger partial charge on any atom is -0.508 e. The number of hydrogen-bond donors (Lipinski definition) is 20. The molecular weight excluding hydrogens is 1710 g/mol. The summed E-state index contributed by atoms with van der Waals surface area (Å²) in [6.07, 6.45) is -17.0. The number of nitrogens with zero attached hydrogens (tertiary/aromatic N) is 1. The number of carbonyl (C=O) groups excluding carboxylic acids is 8. The number of aliphatic carboxylic acids is 1. The monoisotopic (exact) mass is 1800 g/mol. The molecule has 0 spiro atoms. The molecule has 678 valence electrons. The van der Waals surface area contributed by atoms with Crippen molar-refractivity contribution >= 4 is 76.6 Å². The largest absolute Gasteiger partial charge is 0.508 e. The van der Waals surface area contributed by atoms with E-state index in [1.54, 1.807) is 20.8 Å². The Bertz CT molecular complexity index is 5370. The van der Waals surface area contributed by atoms with Crippen molar-refractivity contribution in [3.05, 3.63) is 164 Å². The molecule has 0 aliphatic carbocycles. The van der Waals surface area contributed by atoms with Crippen LogP contribution in [0.15, 0.2) is 115 Å². The van der Waals surface area contributed by atoms with E-state index < -0.39 is 295 Å². The lowest BCUT2D eigenvalue weighted by molar-refractivity contribution is -0.277. The van der Waals surface area contributed by atoms with Crippen molar-refractivity contribution in [3.63, 3.8) is 0 Å². The van der Waals surface area contributed by atoms with Gasteiger partial charge in [-0.15, -0.1) is 0 Å². The van der Waals surface area contributed by atoms with E-state index in [9.17, 15) is 80.8 Å². The van der Waals surface area contributed by atoms with E-state index in [2.05, 4.69) is 51.1 Å². The van der Waals surface area contributed by atoms with Crippen LogP contribution >= 0.6 is 23.2 Å². The van der Waals surface area contributed by atoms with E-state index in [-0.39, 0.29) is 28.9 Å². The number of aliphatic hydroxyl groups excluding tert-OH is 8. The van der Waals surface area contributed by atoms with Gasteiger partial charge >= 0.3 is 12.1 Å². The van der Waals surface area contributed by atoms with Gasteiger partial charge in [0.2, 0.25) is 59.7 Å². The number of phenols is 4. The van der Waals surface area contributed by atoms with Crippen molar-refractivity contribution in [1.29, 1.82) is 0 Å². The average Bonchev–Trinajstić information content (AvgIpc) is 0.759. The van der Waals surface area contributed by atoms with Gasteiger partial charge in [0.15, 0.2) is 29.0 Å². The molecule has 8 aliphatic rings. The Kier molecular flexibility index (Phi) is 28.2. The first kappa shape index (κ1) is 92.6. The van der Waals surface area contributed by atoms with Gasteiger partial charge in [0, 0.05) is 54.3 Å². The molecule has 40 heteroatoms. The molecule has 127 heavy (non-hydrogen) atoms. The van der Waals surface area contributed by atoms with Gasteiger partial charge < -0.3 is 141 Å². The van der Waals surface area contributed by atoms with Crippen LogP contribution in [-0.4, -0.2) is 224 Å². The van der Waals surface area contributed by atoms with Gasteiger partial charge in [-0.25, -0.2) is 9.59 Å². The van der Waals surface area contributed by atoms with E-state index in [0.717, 1.165) is 109 Å². The third kappa shape index (κ3) is 20.5. The SMILES string of the molecule is CC(C)CCCCCCCC(=O)N[C@H]1[C@H](Oc2c3cc4cc2Oc2ccc(cc2Cl)[C@@H](O)[C@@H]2NC(=O)[C@H](NC(=O)[C@@H]4NC(=O)[C@H]4NC(=O)[C@@H](Cc5ccc(cc5)O3)NC(=O)[C@@H](N(C)C(=O)OC(C)(C)C)c3ccc(O)c(c3)Oc3cc(O)c(Cl)c4c3)c3ccc(O)c(c3)-c3c(O[C@H]4O[C@H](CO)[C@@H](O)[C@H](O)[C@@H]4O)cc(O)cc3[C@H](C(=O)O)NC2=O)O[C@H](CO)[C@@H](O)[C@@H]1O.